The van der Waals surface area contributed by atoms with E-state index in [1.165, 1.54) is 0 Å². The molecule has 0 bridgehead atoms. The van der Waals surface area contributed by atoms with Crippen LogP contribution in [0.1, 0.15) is 17.3 Å². The van der Waals surface area contributed by atoms with Crippen molar-refractivity contribution in [2.24, 2.45) is 0 Å². The highest BCUT2D eigenvalue weighted by molar-refractivity contribution is 6.07. The lowest BCUT2D eigenvalue weighted by Gasteiger charge is -2.06. The Morgan fingerprint density at radius 3 is 3.06 bits per heavy atom. The quantitative estimate of drug-likeness (QED) is 0.592. The van der Waals surface area contributed by atoms with Crippen LogP contribution in [0.25, 0.3) is 10.9 Å². The third kappa shape index (κ3) is 2.39. The maximum Gasteiger partial charge on any atom is 0.253 e. The lowest BCUT2D eigenvalue weighted by Crippen LogP contribution is -2.30. The molecule has 0 saturated carbocycles. The number of nitrogen functional groups attached to an aromatic ring is 1. The molecule has 90 valence electrons. The molecule has 17 heavy (non-hydrogen) atoms. The Labute approximate surface area is 98.6 Å². The maximum absolute atomic E-state index is 11.8. The number of amides is 1. The summed E-state index contributed by atoms with van der Waals surface area (Å²) >= 11 is 0. The van der Waals surface area contributed by atoms with Crippen LogP contribution in [0.3, 0.4) is 0 Å². The number of aliphatic hydroxyl groups excluding tert-OH is 1. The van der Waals surface area contributed by atoms with Crippen molar-refractivity contribution < 1.29 is 9.90 Å². The summed E-state index contributed by atoms with van der Waals surface area (Å²) in [7, 11) is 0. The van der Waals surface area contributed by atoms with E-state index in [1.54, 1.807) is 31.3 Å². The van der Waals surface area contributed by atoms with E-state index in [1.807, 2.05) is 0 Å². The average molecular weight is 233 g/mol. The molecule has 5 N–H and O–H groups in total. The number of H-pyrrole nitrogens is 1. The number of aromatic nitrogens is 1. The van der Waals surface area contributed by atoms with E-state index in [9.17, 15) is 4.79 Å². The first-order chi connectivity index (χ1) is 8.08. The minimum absolute atomic E-state index is 0.207. The van der Waals surface area contributed by atoms with Crippen molar-refractivity contribution in [1.29, 1.82) is 0 Å². The molecule has 0 aliphatic rings. The molecule has 1 atom stereocenters. The molecule has 1 amide bonds. The number of hydrogen-bond donors (Lipinski definition) is 4. The molecule has 1 heterocycles. The van der Waals surface area contributed by atoms with Crippen molar-refractivity contribution in [3.05, 3.63) is 30.0 Å². The van der Waals surface area contributed by atoms with Gasteiger partial charge in [-0.15, -0.1) is 0 Å². The minimum Gasteiger partial charge on any atom is -0.399 e. The van der Waals surface area contributed by atoms with Crippen LogP contribution in [0.2, 0.25) is 0 Å². The molecule has 2 rings (SSSR count). The highest BCUT2D eigenvalue weighted by Crippen LogP contribution is 2.20. The standard InChI is InChI=1S/C12H15N3O2/c1-7(16)5-15-12(17)10-6-14-11-4-8(13)2-3-9(10)11/h2-4,6-7,14,16H,5,13H2,1H3,(H,15,17). The molecule has 1 aromatic heterocycles. The molecule has 0 spiro atoms. The summed E-state index contributed by atoms with van der Waals surface area (Å²) in [6.45, 7) is 1.86. The molecular formula is C12H15N3O2. The highest BCUT2D eigenvalue weighted by atomic mass is 16.3. The Balaban J connectivity index is 2.27. The van der Waals surface area contributed by atoms with Gasteiger partial charge < -0.3 is 21.1 Å². The molecule has 1 aromatic carbocycles. The van der Waals surface area contributed by atoms with Gasteiger partial charge in [-0.2, -0.15) is 0 Å². The maximum atomic E-state index is 11.8. The summed E-state index contributed by atoms with van der Waals surface area (Å²) in [4.78, 5) is 14.8. The number of carbonyl (C=O) groups is 1. The Morgan fingerprint density at radius 2 is 2.35 bits per heavy atom. The molecule has 5 heteroatoms. The summed E-state index contributed by atoms with van der Waals surface area (Å²) < 4.78 is 0. The van der Waals surface area contributed by atoms with E-state index in [0.29, 0.717) is 11.3 Å². The van der Waals surface area contributed by atoms with Gasteiger partial charge in [-0.1, -0.05) is 0 Å². The lowest BCUT2D eigenvalue weighted by molar-refractivity contribution is 0.0925. The Morgan fingerprint density at radius 1 is 1.59 bits per heavy atom. The number of hydrogen-bond acceptors (Lipinski definition) is 3. The molecular weight excluding hydrogens is 218 g/mol. The average Bonchev–Trinajstić information content (AvgIpc) is 2.68. The molecule has 0 radical (unpaired) electrons. The summed E-state index contributed by atoms with van der Waals surface area (Å²) in [6, 6.07) is 5.33. The van der Waals surface area contributed by atoms with Gasteiger partial charge in [0.15, 0.2) is 0 Å². The topological polar surface area (TPSA) is 91.1 Å². The Hall–Kier alpha value is -2.01. The van der Waals surface area contributed by atoms with E-state index in [0.717, 1.165) is 10.9 Å². The van der Waals surface area contributed by atoms with Gasteiger partial charge in [0.2, 0.25) is 0 Å². The number of benzene rings is 1. The van der Waals surface area contributed by atoms with E-state index >= 15 is 0 Å². The van der Waals surface area contributed by atoms with E-state index < -0.39 is 6.10 Å². The zero-order valence-electron chi connectivity index (χ0n) is 9.53. The number of nitrogens with two attached hydrogens (primary N) is 1. The van der Waals surface area contributed by atoms with Gasteiger partial charge >= 0.3 is 0 Å². The molecule has 0 saturated heterocycles. The molecule has 5 nitrogen and oxygen atoms in total. The van der Waals surface area contributed by atoms with Crippen molar-refractivity contribution in [1.82, 2.24) is 10.3 Å². The van der Waals surface area contributed by atoms with Gasteiger partial charge in [-0.05, 0) is 25.1 Å². The van der Waals surface area contributed by atoms with E-state index in [2.05, 4.69) is 10.3 Å². The van der Waals surface area contributed by atoms with Gasteiger partial charge in [0.25, 0.3) is 5.91 Å². The van der Waals surface area contributed by atoms with Crippen molar-refractivity contribution in [3.8, 4) is 0 Å². The van der Waals surface area contributed by atoms with Crippen LogP contribution >= 0.6 is 0 Å². The number of anilines is 1. The number of nitrogens with one attached hydrogen (secondary N) is 2. The van der Waals surface area contributed by atoms with Gasteiger partial charge in [-0.25, -0.2) is 0 Å². The van der Waals surface area contributed by atoms with Crippen LogP contribution in [-0.4, -0.2) is 28.6 Å². The normalized spacial score (nSPS) is 12.6. The molecule has 0 aliphatic heterocycles. The first-order valence-corrected chi connectivity index (χ1v) is 5.41. The van der Waals surface area contributed by atoms with Gasteiger partial charge in [-0.3, -0.25) is 4.79 Å². The van der Waals surface area contributed by atoms with Crippen molar-refractivity contribution in [3.63, 3.8) is 0 Å². The van der Waals surface area contributed by atoms with E-state index in [4.69, 9.17) is 10.8 Å². The number of aromatic amines is 1. The molecule has 2 aromatic rings. The summed E-state index contributed by atoms with van der Waals surface area (Å²) in [5, 5.41) is 12.6. The fraction of sp³-hybridized carbons (Fsp3) is 0.250. The third-order valence-corrected chi connectivity index (χ3v) is 2.51. The molecule has 1 unspecified atom stereocenters. The number of aliphatic hydroxyl groups is 1. The summed E-state index contributed by atoms with van der Waals surface area (Å²) in [5.74, 6) is -0.207. The first-order valence-electron chi connectivity index (χ1n) is 5.41. The summed E-state index contributed by atoms with van der Waals surface area (Å²) in [5.41, 5.74) is 7.68. The van der Waals surface area contributed by atoms with Crippen LogP contribution in [0.4, 0.5) is 5.69 Å². The van der Waals surface area contributed by atoms with Crippen LogP contribution < -0.4 is 11.1 Å². The molecule has 0 fully saturated rings. The van der Waals surface area contributed by atoms with Crippen LogP contribution in [0, 0.1) is 0 Å². The van der Waals surface area contributed by atoms with E-state index in [-0.39, 0.29) is 12.5 Å². The van der Waals surface area contributed by atoms with Crippen molar-refractivity contribution >= 4 is 22.5 Å². The second-order valence-electron chi connectivity index (χ2n) is 4.07. The fourth-order valence-corrected chi connectivity index (χ4v) is 1.67. The van der Waals surface area contributed by atoms with Crippen LogP contribution in [-0.2, 0) is 0 Å². The molecule has 0 aliphatic carbocycles. The van der Waals surface area contributed by atoms with Crippen molar-refractivity contribution in [2.45, 2.75) is 13.0 Å². The fourth-order valence-electron chi connectivity index (χ4n) is 1.67. The Kier molecular flexibility index (Phi) is 3.01. The predicted molar refractivity (Wildman–Crippen MR) is 66.7 cm³/mol. The highest BCUT2D eigenvalue weighted by Gasteiger charge is 2.12. The second kappa shape index (κ2) is 4.47. The third-order valence-electron chi connectivity index (χ3n) is 2.51. The van der Waals surface area contributed by atoms with Gasteiger partial charge in [0.05, 0.1) is 11.7 Å². The number of rotatable bonds is 3. The zero-order valence-corrected chi connectivity index (χ0v) is 9.53. The lowest BCUT2D eigenvalue weighted by atomic mass is 10.1. The van der Waals surface area contributed by atoms with Crippen molar-refractivity contribution in [2.75, 3.05) is 12.3 Å². The van der Waals surface area contributed by atoms with Crippen LogP contribution in [0.15, 0.2) is 24.4 Å². The monoisotopic (exact) mass is 233 g/mol. The second-order valence-corrected chi connectivity index (χ2v) is 4.07. The first kappa shape index (κ1) is 11.5. The number of fused-ring (bicyclic) bond motifs is 1. The predicted octanol–water partition coefficient (Wildman–Crippen LogP) is 0.861. The summed E-state index contributed by atoms with van der Waals surface area (Å²) in [6.07, 6.45) is 1.08. The number of carbonyl (C=O) groups excluding carboxylic acids is 1. The van der Waals surface area contributed by atoms with Crippen LogP contribution in [0.5, 0.6) is 0 Å². The minimum atomic E-state index is -0.556. The Bertz CT molecular complexity index is 546. The largest absolute Gasteiger partial charge is 0.399 e. The smallest absolute Gasteiger partial charge is 0.253 e. The zero-order chi connectivity index (χ0) is 12.4. The van der Waals surface area contributed by atoms with Gasteiger partial charge in [0.1, 0.15) is 0 Å². The van der Waals surface area contributed by atoms with Gasteiger partial charge in [0, 0.05) is 29.3 Å². The SMILES string of the molecule is CC(O)CNC(=O)c1c[nH]c2cc(N)ccc12.